The fourth-order valence-electron chi connectivity index (χ4n) is 2.17. The highest BCUT2D eigenvalue weighted by molar-refractivity contribution is 6.69. The van der Waals surface area contributed by atoms with Crippen molar-refractivity contribution in [2.24, 2.45) is 0 Å². The molecule has 0 fully saturated rings. The third kappa shape index (κ3) is 5.52. The van der Waals surface area contributed by atoms with Crippen LogP contribution in [0.15, 0.2) is 36.4 Å². The Morgan fingerprint density at radius 1 is 0.793 bits per heavy atom. The maximum absolute atomic E-state index is 10.9. The molecule has 0 amide bonds. The van der Waals surface area contributed by atoms with Crippen LogP contribution in [0.1, 0.15) is 0 Å². The molecule has 2 aromatic carbocycles. The lowest BCUT2D eigenvalue weighted by Crippen LogP contribution is -2.49. The van der Waals surface area contributed by atoms with Crippen molar-refractivity contribution in [3.63, 3.8) is 0 Å². The van der Waals surface area contributed by atoms with Gasteiger partial charge in [0, 0.05) is 47.8 Å². The van der Waals surface area contributed by atoms with E-state index in [-0.39, 0.29) is 32.8 Å². The lowest BCUT2D eigenvalue weighted by molar-refractivity contribution is -0.385. The van der Waals surface area contributed by atoms with E-state index in [1.54, 1.807) is 0 Å². The highest BCUT2D eigenvalue weighted by atomic mass is 35.6. The predicted octanol–water partition coefficient (Wildman–Crippen LogP) is 7.13. The minimum Gasteiger partial charge on any atom is -0.258 e. The summed E-state index contributed by atoms with van der Waals surface area (Å²) in [6.07, 6.45) is -1.45. The standard InChI is InChI=1S/C14H7Cl7N4O4/c15-9-5-7(24(26)27)1-3-11(9)22(20)13(14(17,18)19)23(21)12-4-2-8(25(28)29)6-10(12)16/h1-6,13H. The minimum absolute atomic E-state index is 0.0407. The zero-order valence-electron chi connectivity index (χ0n) is 13.6. The van der Waals surface area contributed by atoms with E-state index in [1.165, 1.54) is 12.1 Å². The fraction of sp³-hybridized carbons (Fsp3) is 0.143. The van der Waals surface area contributed by atoms with Gasteiger partial charge < -0.3 is 0 Å². The van der Waals surface area contributed by atoms with E-state index in [9.17, 15) is 20.2 Å². The normalized spacial score (nSPS) is 11.4. The van der Waals surface area contributed by atoms with E-state index in [2.05, 4.69) is 0 Å². The lowest BCUT2D eigenvalue weighted by atomic mass is 10.2. The number of halogens is 7. The third-order valence-corrected chi connectivity index (χ3v) is 5.39. The Labute approximate surface area is 198 Å². The summed E-state index contributed by atoms with van der Waals surface area (Å²) in [5.74, 6) is 0. The summed E-state index contributed by atoms with van der Waals surface area (Å²) in [5, 5.41) is 21.5. The molecule has 29 heavy (non-hydrogen) atoms. The molecular formula is C14H7Cl7N4O4. The number of rotatable bonds is 6. The Morgan fingerprint density at radius 2 is 1.14 bits per heavy atom. The third-order valence-electron chi connectivity index (χ3n) is 3.47. The summed E-state index contributed by atoms with van der Waals surface area (Å²) >= 11 is 42.9. The van der Waals surface area contributed by atoms with Crippen molar-refractivity contribution in [1.82, 2.24) is 0 Å². The Bertz CT molecular complexity index is 887. The topological polar surface area (TPSA) is 92.8 Å². The van der Waals surface area contributed by atoms with Crippen LogP contribution < -0.4 is 8.84 Å². The Morgan fingerprint density at radius 3 is 1.38 bits per heavy atom. The predicted molar refractivity (Wildman–Crippen MR) is 117 cm³/mol. The van der Waals surface area contributed by atoms with E-state index < -0.39 is 19.8 Å². The van der Waals surface area contributed by atoms with Crippen LogP contribution in [0, 0.1) is 20.2 Å². The first-order valence-electron chi connectivity index (χ1n) is 7.19. The van der Waals surface area contributed by atoms with E-state index in [4.69, 9.17) is 81.6 Å². The molecule has 0 bridgehead atoms. The second-order valence-electron chi connectivity index (χ2n) is 5.32. The van der Waals surface area contributed by atoms with Gasteiger partial charge in [-0.05, 0) is 12.1 Å². The molecular weight excluding hydrogens is 536 g/mol. The van der Waals surface area contributed by atoms with Gasteiger partial charge in [-0.15, -0.1) is 0 Å². The number of hydrogen-bond donors (Lipinski definition) is 0. The van der Waals surface area contributed by atoms with Crippen LogP contribution in [0.4, 0.5) is 22.7 Å². The molecule has 0 atom stereocenters. The van der Waals surface area contributed by atoms with Gasteiger partial charge in [0.2, 0.25) is 3.79 Å². The van der Waals surface area contributed by atoms with Crippen molar-refractivity contribution in [2.45, 2.75) is 9.96 Å². The van der Waals surface area contributed by atoms with E-state index in [0.717, 1.165) is 33.1 Å². The molecule has 0 aromatic heterocycles. The summed E-state index contributed by atoms with van der Waals surface area (Å²) in [5.41, 5.74) is -0.483. The number of non-ortho nitro benzene ring substituents is 2. The van der Waals surface area contributed by atoms with Crippen LogP contribution in [-0.4, -0.2) is 19.8 Å². The van der Waals surface area contributed by atoms with E-state index in [1.807, 2.05) is 0 Å². The molecule has 0 aliphatic rings. The van der Waals surface area contributed by atoms with Gasteiger partial charge >= 0.3 is 0 Å². The fourth-order valence-corrected chi connectivity index (χ4v) is 4.49. The number of benzene rings is 2. The average Bonchev–Trinajstić information content (AvgIpc) is 2.59. The number of alkyl halides is 3. The maximum Gasteiger partial charge on any atom is 0.271 e. The monoisotopic (exact) mass is 540 g/mol. The van der Waals surface area contributed by atoms with Crippen LogP contribution >= 0.6 is 81.6 Å². The van der Waals surface area contributed by atoms with Crippen molar-refractivity contribution in [3.05, 3.63) is 66.7 Å². The van der Waals surface area contributed by atoms with Gasteiger partial charge in [-0.25, -0.2) is 0 Å². The molecule has 0 saturated heterocycles. The SMILES string of the molecule is O=[N+]([O-])c1ccc(N(Cl)C(N(Cl)c2ccc([N+](=O)[O-])cc2Cl)C(Cl)(Cl)Cl)c(Cl)c1. The first kappa shape index (κ1) is 24.1. The van der Waals surface area contributed by atoms with Gasteiger partial charge in [0.05, 0.1) is 31.3 Å². The molecule has 8 nitrogen and oxygen atoms in total. The summed E-state index contributed by atoms with van der Waals surface area (Å²) in [4.78, 5) is 20.5. The second-order valence-corrected chi connectivity index (χ2v) is 9.24. The highest BCUT2D eigenvalue weighted by Gasteiger charge is 2.43. The van der Waals surface area contributed by atoms with Crippen molar-refractivity contribution >= 4 is 104 Å². The molecule has 156 valence electrons. The summed E-state index contributed by atoms with van der Waals surface area (Å²) in [6.45, 7) is 0. The molecule has 0 radical (unpaired) electrons. The lowest BCUT2D eigenvalue weighted by Gasteiger charge is -2.38. The summed E-state index contributed by atoms with van der Waals surface area (Å²) in [6, 6.07) is 6.86. The highest BCUT2D eigenvalue weighted by Crippen LogP contribution is 2.45. The molecule has 0 N–H and O–H groups in total. The molecule has 2 aromatic rings. The Kier molecular flexibility index (Phi) is 7.78. The van der Waals surface area contributed by atoms with Gasteiger partial charge in [-0.2, -0.15) is 0 Å². The first-order chi connectivity index (χ1) is 13.3. The molecule has 0 aliphatic heterocycles. The number of nitro groups is 2. The minimum atomic E-state index is -2.15. The van der Waals surface area contributed by atoms with Gasteiger partial charge in [-0.3, -0.25) is 29.1 Å². The number of hydrogen-bond acceptors (Lipinski definition) is 6. The molecule has 0 spiro atoms. The first-order valence-corrected chi connectivity index (χ1v) is 9.75. The Hall–Kier alpha value is -1.13. The maximum atomic E-state index is 10.9. The molecule has 0 saturated carbocycles. The zero-order chi connectivity index (χ0) is 22.1. The largest absolute Gasteiger partial charge is 0.271 e. The molecule has 2 rings (SSSR count). The van der Waals surface area contributed by atoms with Gasteiger partial charge in [-0.1, -0.05) is 58.0 Å². The van der Waals surface area contributed by atoms with Gasteiger partial charge in [0.1, 0.15) is 0 Å². The zero-order valence-corrected chi connectivity index (χ0v) is 18.9. The van der Waals surface area contributed by atoms with E-state index >= 15 is 0 Å². The smallest absolute Gasteiger partial charge is 0.258 e. The second kappa shape index (κ2) is 9.34. The van der Waals surface area contributed by atoms with Crippen molar-refractivity contribution in [1.29, 1.82) is 0 Å². The van der Waals surface area contributed by atoms with Crippen molar-refractivity contribution in [3.8, 4) is 0 Å². The molecule has 0 heterocycles. The van der Waals surface area contributed by atoms with Crippen molar-refractivity contribution in [2.75, 3.05) is 8.84 Å². The van der Waals surface area contributed by atoms with Crippen LogP contribution in [-0.2, 0) is 0 Å². The van der Waals surface area contributed by atoms with E-state index in [0.29, 0.717) is 0 Å². The average molecular weight is 543 g/mol. The number of anilines is 2. The van der Waals surface area contributed by atoms with Crippen LogP contribution in [0.25, 0.3) is 0 Å². The Balaban J connectivity index is 2.49. The van der Waals surface area contributed by atoms with Crippen LogP contribution in [0.3, 0.4) is 0 Å². The van der Waals surface area contributed by atoms with Crippen molar-refractivity contribution < 1.29 is 9.85 Å². The van der Waals surface area contributed by atoms with Crippen LogP contribution in [0.2, 0.25) is 10.0 Å². The summed E-state index contributed by atoms with van der Waals surface area (Å²) < 4.78 is -0.451. The van der Waals surface area contributed by atoms with Gasteiger partial charge in [0.15, 0.2) is 6.17 Å². The van der Waals surface area contributed by atoms with Gasteiger partial charge in [0.25, 0.3) is 11.4 Å². The number of nitrogens with zero attached hydrogens (tertiary/aromatic N) is 4. The number of nitro benzene ring substituents is 2. The molecule has 0 unspecified atom stereocenters. The van der Waals surface area contributed by atoms with Crippen LogP contribution in [0.5, 0.6) is 0 Å². The molecule has 15 heteroatoms. The quantitative estimate of drug-likeness (QED) is 0.127. The molecule has 0 aliphatic carbocycles. The summed E-state index contributed by atoms with van der Waals surface area (Å²) in [7, 11) is 0.